The highest BCUT2D eigenvalue weighted by molar-refractivity contribution is 8.00. The molecule has 0 aliphatic heterocycles. The second-order valence-electron chi connectivity index (χ2n) is 5.67. The van der Waals surface area contributed by atoms with E-state index in [0.29, 0.717) is 11.6 Å². The van der Waals surface area contributed by atoms with E-state index in [1.807, 2.05) is 38.1 Å². The Morgan fingerprint density at radius 2 is 2.00 bits per heavy atom. The average Bonchev–Trinajstić information content (AvgIpc) is 2.37. The molecule has 0 aromatic heterocycles. The number of carbonyl (C=O) groups excluding carboxylic acids is 1. The van der Waals surface area contributed by atoms with Crippen LogP contribution in [0.3, 0.4) is 0 Å². The van der Waals surface area contributed by atoms with Gasteiger partial charge in [0.15, 0.2) is 0 Å². The smallest absolute Gasteiger partial charge is 0.233 e. The highest BCUT2D eigenvalue weighted by atomic mass is 35.5. The number of aliphatic hydroxyl groups is 1. The number of thioether (sulfide) groups is 1. The molecule has 6 heteroatoms. The summed E-state index contributed by atoms with van der Waals surface area (Å²) < 4.78 is 0. The topological polar surface area (TPSA) is 52.6 Å². The first-order chi connectivity index (χ1) is 9.69. The normalized spacial score (nSPS) is 15.6. The fraction of sp³-hybridized carbons (Fsp3) is 0.533. The maximum Gasteiger partial charge on any atom is 0.233 e. The molecule has 0 aliphatic rings. The van der Waals surface area contributed by atoms with Crippen molar-refractivity contribution in [1.82, 2.24) is 10.2 Å². The second-order valence-corrected chi connectivity index (χ2v) is 7.52. The summed E-state index contributed by atoms with van der Waals surface area (Å²) in [6, 6.07) is 7.38. The number of amides is 1. The SMILES string of the molecule is CC(Sc1ccc(Cl)cc1)C(=O)NCC(C)(O)CN(C)C. The molecule has 0 spiro atoms. The first kappa shape index (κ1) is 18.3. The highest BCUT2D eigenvalue weighted by Crippen LogP contribution is 2.24. The number of carbonyl (C=O) groups is 1. The number of likely N-dealkylation sites (N-methyl/N-ethyl adjacent to an activating group) is 1. The lowest BCUT2D eigenvalue weighted by Gasteiger charge is -2.27. The lowest BCUT2D eigenvalue weighted by atomic mass is 10.1. The predicted octanol–water partition coefficient (Wildman–Crippen LogP) is 2.25. The molecule has 0 aliphatic carbocycles. The molecule has 0 bridgehead atoms. The van der Waals surface area contributed by atoms with E-state index in [9.17, 15) is 9.90 Å². The standard InChI is InChI=1S/C15H23ClN2O2S/c1-11(21-13-7-5-12(16)6-8-13)14(19)17-9-15(2,20)10-18(3)4/h5-8,11,20H,9-10H2,1-4H3,(H,17,19). The Hall–Kier alpha value is -0.750. The molecule has 0 saturated heterocycles. The van der Waals surface area contributed by atoms with Gasteiger partial charge in [0.1, 0.15) is 0 Å². The van der Waals surface area contributed by atoms with Crippen LogP contribution in [0.4, 0.5) is 0 Å². The third-order valence-corrected chi connectivity index (χ3v) is 4.16. The molecule has 118 valence electrons. The van der Waals surface area contributed by atoms with Crippen LogP contribution in [-0.2, 0) is 4.79 Å². The molecule has 4 nitrogen and oxygen atoms in total. The van der Waals surface area contributed by atoms with Crippen LogP contribution >= 0.6 is 23.4 Å². The number of benzene rings is 1. The molecule has 0 radical (unpaired) electrons. The molecule has 2 unspecified atom stereocenters. The van der Waals surface area contributed by atoms with Gasteiger partial charge in [-0.2, -0.15) is 0 Å². The zero-order chi connectivity index (χ0) is 16.0. The van der Waals surface area contributed by atoms with Crippen LogP contribution in [0, 0.1) is 0 Å². The predicted molar refractivity (Wildman–Crippen MR) is 89.0 cm³/mol. The van der Waals surface area contributed by atoms with Gasteiger partial charge >= 0.3 is 0 Å². The third kappa shape index (κ3) is 7.18. The number of hydrogen-bond donors (Lipinski definition) is 2. The Bertz CT molecular complexity index is 463. The van der Waals surface area contributed by atoms with Gasteiger partial charge in [-0.3, -0.25) is 4.79 Å². The van der Waals surface area contributed by atoms with Crippen molar-refractivity contribution in [1.29, 1.82) is 0 Å². The van der Waals surface area contributed by atoms with Gasteiger partial charge in [0.2, 0.25) is 5.91 Å². The minimum absolute atomic E-state index is 0.0889. The number of halogens is 1. The largest absolute Gasteiger partial charge is 0.387 e. The second kappa shape index (κ2) is 8.03. The van der Waals surface area contributed by atoms with E-state index >= 15 is 0 Å². The van der Waals surface area contributed by atoms with Crippen molar-refractivity contribution in [2.75, 3.05) is 27.2 Å². The molecule has 21 heavy (non-hydrogen) atoms. The molecule has 2 atom stereocenters. The van der Waals surface area contributed by atoms with Gasteiger partial charge in [-0.05, 0) is 52.2 Å². The summed E-state index contributed by atoms with van der Waals surface area (Å²) in [6.45, 7) is 4.28. The van der Waals surface area contributed by atoms with Crippen LogP contribution < -0.4 is 5.32 Å². The van der Waals surface area contributed by atoms with Gasteiger partial charge in [-0.15, -0.1) is 11.8 Å². The summed E-state index contributed by atoms with van der Waals surface area (Å²) in [5.74, 6) is -0.0889. The van der Waals surface area contributed by atoms with E-state index in [-0.39, 0.29) is 17.7 Å². The maximum atomic E-state index is 12.1. The Kier molecular flexibility index (Phi) is 7.00. The lowest BCUT2D eigenvalue weighted by molar-refractivity contribution is -0.121. The van der Waals surface area contributed by atoms with E-state index in [1.165, 1.54) is 11.8 Å². The van der Waals surface area contributed by atoms with Crippen molar-refractivity contribution in [3.05, 3.63) is 29.3 Å². The number of hydrogen-bond acceptors (Lipinski definition) is 4. The quantitative estimate of drug-likeness (QED) is 0.753. The lowest BCUT2D eigenvalue weighted by Crippen LogP contribution is -2.48. The highest BCUT2D eigenvalue weighted by Gasteiger charge is 2.23. The van der Waals surface area contributed by atoms with Crippen LogP contribution in [0.5, 0.6) is 0 Å². The molecule has 1 aromatic rings. The van der Waals surface area contributed by atoms with Crippen LogP contribution in [-0.4, -0.2) is 53.9 Å². The van der Waals surface area contributed by atoms with E-state index < -0.39 is 5.60 Å². The average molecular weight is 331 g/mol. The van der Waals surface area contributed by atoms with E-state index in [4.69, 9.17) is 11.6 Å². The molecule has 0 fully saturated rings. The van der Waals surface area contributed by atoms with E-state index in [1.54, 1.807) is 19.1 Å². The van der Waals surface area contributed by atoms with Crippen LogP contribution in [0.15, 0.2) is 29.2 Å². The molecular formula is C15H23ClN2O2S. The summed E-state index contributed by atoms with van der Waals surface area (Å²) >= 11 is 7.29. The summed E-state index contributed by atoms with van der Waals surface area (Å²) in [7, 11) is 3.77. The van der Waals surface area contributed by atoms with Gasteiger partial charge in [0, 0.05) is 23.0 Å². The first-order valence-electron chi connectivity index (χ1n) is 6.77. The monoisotopic (exact) mass is 330 g/mol. The molecular weight excluding hydrogens is 308 g/mol. The summed E-state index contributed by atoms with van der Waals surface area (Å²) in [5.41, 5.74) is -0.941. The first-order valence-corrected chi connectivity index (χ1v) is 8.02. The van der Waals surface area contributed by atoms with Gasteiger partial charge in [0.25, 0.3) is 0 Å². The molecule has 0 heterocycles. The zero-order valence-electron chi connectivity index (χ0n) is 12.9. The Morgan fingerprint density at radius 1 is 1.43 bits per heavy atom. The summed E-state index contributed by atoms with van der Waals surface area (Å²) in [6.07, 6.45) is 0. The van der Waals surface area contributed by atoms with Gasteiger partial charge in [0.05, 0.1) is 10.9 Å². The number of nitrogens with one attached hydrogen (secondary N) is 1. The van der Waals surface area contributed by atoms with Crippen molar-refractivity contribution < 1.29 is 9.90 Å². The minimum Gasteiger partial charge on any atom is -0.387 e. The maximum absolute atomic E-state index is 12.1. The van der Waals surface area contributed by atoms with Crippen LogP contribution in [0.1, 0.15) is 13.8 Å². The van der Waals surface area contributed by atoms with Crippen molar-refractivity contribution >= 4 is 29.3 Å². The summed E-state index contributed by atoms with van der Waals surface area (Å²) in [5, 5.41) is 13.4. The molecule has 0 saturated carbocycles. The van der Waals surface area contributed by atoms with Crippen molar-refractivity contribution in [3.63, 3.8) is 0 Å². The van der Waals surface area contributed by atoms with Gasteiger partial charge in [-0.25, -0.2) is 0 Å². The van der Waals surface area contributed by atoms with E-state index in [2.05, 4.69) is 5.32 Å². The summed E-state index contributed by atoms with van der Waals surface area (Å²) in [4.78, 5) is 14.9. The Labute approximate surface area is 135 Å². The van der Waals surface area contributed by atoms with Crippen LogP contribution in [0.2, 0.25) is 5.02 Å². The van der Waals surface area contributed by atoms with Crippen LogP contribution in [0.25, 0.3) is 0 Å². The third-order valence-electron chi connectivity index (χ3n) is 2.80. The molecule has 1 amide bonds. The molecule has 1 aromatic carbocycles. The zero-order valence-corrected chi connectivity index (χ0v) is 14.5. The van der Waals surface area contributed by atoms with Crippen molar-refractivity contribution in [3.8, 4) is 0 Å². The Morgan fingerprint density at radius 3 is 2.52 bits per heavy atom. The van der Waals surface area contributed by atoms with Crippen molar-refractivity contribution in [2.45, 2.75) is 29.6 Å². The molecule has 2 N–H and O–H groups in total. The fourth-order valence-electron chi connectivity index (χ4n) is 1.93. The minimum atomic E-state index is -0.941. The van der Waals surface area contributed by atoms with Gasteiger partial charge < -0.3 is 15.3 Å². The van der Waals surface area contributed by atoms with Crippen molar-refractivity contribution in [2.24, 2.45) is 0 Å². The van der Waals surface area contributed by atoms with Gasteiger partial charge in [-0.1, -0.05) is 11.6 Å². The molecule has 1 rings (SSSR count). The Balaban J connectivity index is 2.46. The fourth-order valence-corrected chi connectivity index (χ4v) is 2.95. The number of rotatable bonds is 7. The van der Waals surface area contributed by atoms with E-state index in [0.717, 1.165) is 4.90 Å². The number of nitrogens with zero attached hydrogens (tertiary/aromatic N) is 1.